The van der Waals surface area contributed by atoms with E-state index in [2.05, 4.69) is 51.6 Å². The molecule has 2 nitrogen and oxygen atoms in total. The lowest BCUT2D eigenvalue weighted by molar-refractivity contribution is 0.161. The molecular formula is C21H22N2S. The molecule has 1 aromatic carbocycles. The third-order valence-electron chi connectivity index (χ3n) is 6.17. The molecule has 1 atom stereocenters. The molecule has 6 rings (SSSR count). The normalized spacial score (nSPS) is 23.1. The van der Waals surface area contributed by atoms with E-state index in [1.54, 1.807) is 20.9 Å². The zero-order chi connectivity index (χ0) is 15.7. The zero-order valence-corrected chi connectivity index (χ0v) is 14.7. The molecule has 4 heterocycles. The minimum Gasteiger partial charge on any atom is -0.357 e. The molecule has 0 radical (unpaired) electrons. The van der Waals surface area contributed by atoms with Crippen LogP contribution in [-0.2, 0) is 25.8 Å². The zero-order valence-electron chi connectivity index (χ0n) is 13.8. The molecule has 0 amide bonds. The van der Waals surface area contributed by atoms with Crippen LogP contribution in [0, 0.1) is 5.92 Å². The highest BCUT2D eigenvalue weighted by molar-refractivity contribution is 7.12. The first-order valence-corrected chi connectivity index (χ1v) is 10.1. The van der Waals surface area contributed by atoms with Crippen molar-refractivity contribution in [2.45, 2.75) is 44.7 Å². The number of nitrogens with one attached hydrogen (secondary N) is 1. The second kappa shape index (κ2) is 4.96. The van der Waals surface area contributed by atoms with Crippen LogP contribution in [0.5, 0.6) is 0 Å². The summed E-state index contributed by atoms with van der Waals surface area (Å²) in [6, 6.07) is 12.0. The molecule has 3 aliphatic rings. The smallest absolute Gasteiger partial charge is 0.0459 e. The van der Waals surface area contributed by atoms with Gasteiger partial charge in [0.05, 0.1) is 0 Å². The molecule has 0 bridgehead atoms. The molecule has 0 unspecified atom stereocenters. The van der Waals surface area contributed by atoms with Crippen LogP contribution in [0.1, 0.15) is 45.5 Å². The molecule has 3 heteroatoms. The Hall–Kier alpha value is -1.58. The van der Waals surface area contributed by atoms with Crippen molar-refractivity contribution in [2.75, 3.05) is 6.54 Å². The lowest BCUT2D eigenvalue weighted by Gasteiger charge is -2.39. The number of hydrogen-bond acceptors (Lipinski definition) is 2. The third kappa shape index (κ3) is 2.04. The van der Waals surface area contributed by atoms with Gasteiger partial charge in [0, 0.05) is 45.5 Å². The highest BCUT2D eigenvalue weighted by Gasteiger charge is 2.35. The van der Waals surface area contributed by atoms with Gasteiger partial charge >= 0.3 is 0 Å². The van der Waals surface area contributed by atoms with Crippen molar-refractivity contribution >= 4 is 22.2 Å². The topological polar surface area (TPSA) is 19.0 Å². The Morgan fingerprint density at radius 2 is 2.12 bits per heavy atom. The van der Waals surface area contributed by atoms with Crippen molar-refractivity contribution in [1.82, 2.24) is 9.88 Å². The second-order valence-corrected chi connectivity index (χ2v) is 9.03. The Labute approximate surface area is 146 Å². The van der Waals surface area contributed by atoms with Gasteiger partial charge in [-0.3, -0.25) is 4.90 Å². The Morgan fingerprint density at radius 3 is 3.04 bits per heavy atom. The number of aromatic amines is 1. The van der Waals surface area contributed by atoms with Crippen molar-refractivity contribution in [3.8, 4) is 0 Å². The van der Waals surface area contributed by atoms with Gasteiger partial charge in [-0.05, 0) is 61.3 Å². The number of para-hydroxylation sites is 1. The summed E-state index contributed by atoms with van der Waals surface area (Å²) in [5.74, 6) is 0.993. The maximum Gasteiger partial charge on any atom is 0.0459 e. The van der Waals surface area contributed by atoms with E-state index in [4.69, 9.17) is 0 Å². The molecule has 1 N–H and O–H groups in total. The Kier molecular flexibility index (Phi) is 2.83. The average molecular weight is 334 g/mol. The van der Waals surface area contributed by atoms with Crippen molar-refractivity contribution in [3.63, 3.8) is 0 Å². The van der Waals surface area contributed by atoms with Crippen LogP contribution in [0.4, 0.5) is 0 Å². The van der Waals surface area contributed by atoms with Crippen LogP contribution in [0.3, 0.4) is 0 Å². The van der Waals surface area contributed by atoms with Gasteiger partial charge in [-0.2, -0.15) is 0 Å². The van der Waals surface area contributed by atoms with Crippen LogP contribution in [0.2, 0.25) is 0 Å². The predicted octanol–water partition coefficient (Wildman–Crippen LogP) is 4.84. The Morgan fingerprint density at radius 1 is 1.21 bits per heavy atom. The number of hydrogen-bond donors (Lipinski definition) is 1. The van der Waals surface area contributed by atoms with Crippen molar-refractivity contribution < 1.29 is 0 Å². The van der Waals surface area contributed by atoms with E-state index in [1.807, 2.05) is 0 Å². The molecule has 2 aromatic heterocycles. The van der Waals surface area contributed by atoms with Gasteiger partial charge in [0.25, 0.3) is 0 Å². The van der Waals surface area contributed by atoms with E-state index < -0.39 is 0 Å². The van der Waals surface area contributed by atoms with Gasteiger partial charge in [-0.1, -0.05) is 18.2 Å². The Bertz CT molecular complexity index is 931. The maximum atomic E-state index is 3.67. The van der Waals surface area contributed by atoms with Gasteiger partial charge in [0.1, 0.15) is 0 Å². The molecule has 0 saturated heterocycles. The van der Waals surface area contributed by atoms with Gasteiger partial charge in [-0.25, -0.2) is 0 Å². The fraction of sp³-hybridized carbons (Fsp3) is 0.429. The minimum absolute atomic E-state index is 0.602. The van der Waals surface area contributed by atoms with Crippen LogP contribution in [0.15, 0.2) is 30.3 Å². The molecule has 1 saturated carbocycles. The number of benzene rings is 1. The fourth-order valence-corrected chi connectivity index (χ4v) is 6.06. The van der Waals surface area contributed by atoms with E-state index in [-0.39, 0.29) is 0 Å². The van der Waals surface area contributed by atoms with Crippen LogP contribution in [0.25, 0.3) is 10.9 Å². The summed E-state index contributed by atoms with van der Waals surface area (Å²) in [7, 11) is 0. The fourth-order valence-electron chi connectivity index (χ4n) is 4.73. The van der Waals surface area contributed by atoms with Gasteiger partial charge in [-0.15, -0.1) is 11.3 Å². The molecule has 1 aliphatic carbocycles. The molecular weight excluding hydrogens is 312 g/mol. The lowest BCUT2D eigenvalue weighted by atomic mass is 9.88. The summed E-state index contributed by atoms with van der Waals surface area (Å²) >= 11 is 2.11. The van der Waals surface area contributed by atoms with E-state index in [9.17, 15) is 0 Å². The summed E-state index contributed by atoms with van der Waals surface area (Å²) in [6.45, 7) is 2.30. The van der Waals surface area contributed by atoms with Crippen molar-refractivity contribution in [1.29, 1.82) is 0 Å². The highest BCUT2D eigenvalue weighted by Crippen LogP contribution is 2.44. The van der Waals surface area contributed by atoms with Crippen LogP contribution < -0.4 is 0 Å². The average Bonchev–Trinajstić information content (AvgIpc) is 3.19. The summed E-state index contributed by atoms with van der Waals surface area (Å²) in [5, 5.41) is 1.44. The van der Waals surface area contributed by atoms with Crippen molar-refractivity contribution in [2.24, 2.45) is 5.92 Å². The van der Waals surface area contributed by atoms with E-state index in [0.717, 1.165) is 12.5 Å². The quantitative estimate of drug-likeness (QED) is 0.711. The highest BCUT2D eigenvalue weighted by atomic mass is 32.1. The summed E-state index contributed by atoms with van der Waals surface area (Å²) in [4.78, 5) is 9.70. The first-order chi connectivity index (χ1) is 11.8. The molecule has 0 spiro atoms. The largest absolute Gasteiger partial charge is 0.357 e. The molecule has 2 aliphatic heterocycles. The van der Waals surface area contributed by atoms with Gasteiger partial charge < -0.3 is 4.98 Å². The standard InChI is InChI=1S/C21H22N2S/c1-2-4-18-15(3-1)16-11-20-17-10-14(9-13-5-6-13)24-21(17)7-8-23(20)12-19(16)22-18/h1-4,10,13,20,22H,5-9,11-12H2/t20-/m0/s1. The Balaban J connectivity index is 1.41. The SMILES string of the molecule is c1ccc2c3c([nH]c2c1)CN1CCc2sc(CC4CC4)cc2[C@@H]1C3. The summed E-state index contributed by atoms with van der Waals surface area (Å²) in [5.41, 5.74) is 5.97. The van der Waals surface area contributed by atoms with E-state index in [1.165, 1.54) is 55.2 Å². The number of thiophene rings is 1. The number of rotatable bonds is 2. The van der Waals surface area contributed by atoms with E-state index >= 15 is 0 Å². The lowest BCUT2D eigenvalue weighted by Crippen LogP contribution is -2.38. The van der Waals surface area contributed by atoms with Crippen LogP contribution >= 0.6 is 11.3 Å². The predicted molar refractivity (Wildman–Crippen MR) is 99.6 cm³/mol. The number of aromatic nitrogens is 1. The third-order valence-corrected chi connectivity index (χ3v) is 7.40. The van der Waals surface area contributed by atoms with Gasteiger partial charge in [0.15, 0.2) is 0 Å². The molecule has 24 heavy (non-hydrogen) atoms. The first kappa shape index (κ1) is 13.7. The summed E-state index contributed by atoms with van der Waals surface area (Å²) in [6.07, 6.45) is 6.67. The monoisotopic (exact) mass is 334 g/mol. The molecule has 1 fully saturated rings. The molecule has 3 aromatic rings. The number of nitrogens with zero attached hydrogens (tertiary/aromatic N) is 1. The number of H-pyrrole nitrogens is 1. The summed E-state index contributed by atoms with van der Waals surface area (Å²) < 4.78 is 0. The van der Waals surface area contributed by atoms with E-state index in [0.29, 0.717) is 6.04 Å². The first-order valence-electron chi connectivity index (χ1n) is 9.29. The minimum atomic E-state index is 0.602. The number of fused-ring (bicyclic) bond motifs is 6. The van der Waals surface area contributed by atoms with Gasteiger partial charge in [0.2, 0.25) is 0 Å². The van der Waals surface area contributed by atoms with Crippen molar-refractivity contribution in [3.05, 3.63) is 56.9 Å². The maximum absolute atomic E-state index is 3.67. The molecule has 122 valence electrons. The van der Waals surface area contributed by atoms with Crippen LogP contribution in [-0.4, -0.2) is 16.4 Å². The second-order valence-electron chi connectivity index (χ2n) is 7.81.